The molecule has 2 aromatic rings. The number of nitrogens with zero attached hydrogens (tertiary/aromatic N) is 1. The van der Waals surface area contributed by atoms with E-state index in [0.29, 0.717) is 24.5 Å². The molecular formula is C16H16N2O4S. The Morgan fingerprint density at radius 2 is 1.70 bits per heavy atom. The number of sulfonamides is 1. The molecule has 0 unspecified atom stereocenters. The highest BCUT2D eigenvalue weighted by Crippen LogP contribution is 2.21. The summed E-state index contributed by atoms with van der Waals surface area (Å²) >= 11 is 0. The van der Waals surface area contributed by atoms with E-state index in [1.54, 1.807) is 41.3 Å². The maximum atomic E-state index is 12.3. The first-order valence-corrected chi connectivity index (χ1v) is 8.61. The second kappa shape index (κ2) is 6.39. The molecule has 0 aromatic heterocycles. The molecule has 0 aliphatic carbocycles. The minimum atomic E-state index is -3.65. The van der Waals surface area contributed by atoms with Crippen molar-refractivity contribution in [3.8, 4) is 0 Å². The third-order valence-corrected chi connectivity index (χ3v) is 4.87. The molecule has 1 aliphatic rings. The van der Waals surface area contributed by atoms with Crippen molar-refractivity contribution in [3.63, 3.8) is 0 Å². The molecule has 2 aromatic carbocycles. The zero-order valence-corrected chi connectivity index (χ0v) is 13.1. The number of hydrogen-bond acceptors (Lipinski definition) is 4. The van der Waals surface area contributed by atoms with Gasteiger partial charge in [0.1, 0.15) is 6.61 Å². The van der Waals surface area contributed by atoms with Crippen molar-refractivity contribution in [1.82, 2.24) is 0 Å². The number of carbonyl (C=O) groups is 1. The van der Waals surface area contributed by atoms with E-state index in [-0.39, 0.29) is 17.4 Å². The number of para-hydroxylation sites is 1. The van der Waals surface area contributed by atoms with Gasteiger partial charge in [-0.15, -0.1) is 0 Å². The topological polar surface area (TPSA) is 75.7 Å². The van der Waals surface area contributed by atoms with E-state index in [1.807, 2.05) is 6.07 Å². The summed E-state index contributed by atoms with van der Waals surface area (Å²) in [5.41, 5.74) is 1.16. The lowest BCUT2D eigenvalue weighted by molar-refractivity contribution is -0.125. The van der Waals surface area contributed by atoms with Crippen LogP contribution < -0.4 is 9.62 Å². The molecule has 7 heteroatoms. The Labute approximate surface area is 134 Å². The molecule has 0 atom stereocenters. The van der Waals surface area contributed by atoms with Gasteiger partial charge >= 0.3 is 0 Å². The van der Waals surface area contributed by atoms with Crippen molar-refractivity contribution in [3.05, 3.63) is 54.6 Å². The fraction of sp³-hybridized carbons (Fsp3) is 0.188. The number of rotatable bonds is 4. The van der Waals surface area contributed by atoms with Crippen molar-refractivity contribution < 1.29 is 17.9 Å². The van der Waals surface area contributed by atoms with E-state index in [2.05, 4.69) is 4.72 Å². The van der Waals surface area contributed by atoms with Crippen molar-refractivity contribution in [2.75, 3.05) is 29.4 Å². The van der Waals surface area contributed by atoms with E-state index in [1.165, 1.54) is 12.1 Å². The first kappa shape index (κ1) is 15.5. The summed E-state index contributed by atoms with van der Waals surface area (Å²) in [5.74, 6) is -0.130. The predicted molar refractivity (Wildman–Crippen MR) is 86.9 cm³/mol. The van der Waals surface area contributed by atoms with Crippen LogP contribution in [0.3, 0.4) is 0 Å². The molecule has 0 saturated carbocycles. The second-order valence-corrected chi connectivity index (χ2v) is 6.75. The first-order chi connectivity index (χ1) is 11.1. The van der Waals surface area contributed by atoms with Gasteiger partial charge < -0.3 is 9.64 Å². The van der Waals surface area contributed by atoms with Gasteiger partial charge in [0.2, 0.25) is 0 Å². The number of anilines is 2. The fourth-order valence-corrected chi connectivity index (χ4v) is 3.38. The average molecular weight is 332 g/mol. The molecule has 0 spiro atoms. The van der Waals surface area contributed by atoms with E-state index >= 15 is 0 Å². The smallest absolute Gasteiger partial charge is 0.261 e. The van der Waals surface area contributed by atoms with Gasteiger partial charge in [-0.05, 0) is 36.4 Å². The summed E-state index contributed by atoms with van der Waals surface area (Å²) in [4.78, 5) is 13.5. The number of carbonyl (C=O) groups excluding carboxylic acids is 1. The molecule has 1 N–H and O–H groups in total. The Balaban J connectivity index is 1.80. The third kappa shape index (κ3) is 3.52. The summed E-state index contributed by atoms with van der Waals surface area (Å²) in [6, 6.07) is 14.9. The molecule has 1 heterocycles. The number of ether oxygens (including phenoxy) is 1. The van der Waals surface area contributed by atoms with Gasteiger partial charge in [-0.25, -0.2) is 8.42 Å². The monoisotopic (exact) mass is 332 g/mol. The van der Waals surface area contributed by atoms with Crippen LogP contribution in [-0.4, -0.2) is 34.1 Å². The number of morpholine rings is 1. The van der Waals surface area contributed by atoms with Gasteiger partial charge in [0.15, 0.2) is 0 Å². The Hall–Kier alpha value is -2.38. The largest absolute Gasteiger partial charge is 0.370 e. The van der Waals surface area contributed by atoms with Crippen LogP contribution in [0.15, 0.2) is 59.5 Å². The van der Waals surface area contributed by atoms with Crippen molar-refractivity contribution in [1.29, 1.82) is 0 Å². The van der Waals surface area contributed by atoms with Gasteiger partial charge in [-0.1, -0.05) is 18.2 Å². The minimum absolute atomic E-state index is 0.0512. The maximum Gasteiger partial charge on any atom is 0.261 e. The standard InChI is InChI=1S/C16H16N2O4S/c19-16-12-22-11-10-18(16)14-6-8-15(9-7-14)23(20,21)17-13-4-2-1-3-5-13/h1-9,17H,10-12H2. The van der Waals surface area contributed by atoms with Gasteiger partial charge in [0.05, 0.1) is 11.5 Å². The van der Waals surface area contributed by atoms with Crippen molar-refractivity contribution in [2.24, 2.45) is 0 Å². The minimum Gasteiger partial charge on any atom is -0.370 e. The normalized spacial score (nSPS) is 15.5. The second-order valence-electron chi connectivity index (χ2n) is 5.06. The predicted octanol–water partition coefficient (Wildman–Crippen LogP) is 1.85. The molecule has 1 saturated heterocycles. The molecule has 23 heavy (non-hydrogen) atoms. The van der Waals surface area contributed by atoms with Gasteiger partial charge in [-0.2, -0.15) is 0 Å². The summed E-state index contributed by atoms with van der Waals surface area (Å²) in [7, 11) is -3.65. The highest BCUT2D eigenvalue weighted by molar-refractivity contribution is 7.92. The molecule has 1 aliphatic heterocycles. The number of nitrogens with one attached hydrogen (secondary N) is 1. The lowest BCUT2D eigenvalue weighted by Gasteiger charge is -2.26. The molecular weight excluding hydrogens is 316 g/mol. The van der Waals surface area contributed by atoms with E-state index in [9.17, 15) is 13.2 Å². The van der Waals surface area contributed by atoms with E-state index in [4.69, 9.17) is 4.74 Å². The van der Waals surface area contributed by atoms with Crippen LogP contribution in [0.5, 0.6) is 0 Å². The van der Waals surface area contributed by atoms with Gasteiger partial charge in [0.25, 0.3) is 15.9 Å². The zero-order valence-electron chi connectivity index (χ0n) is 12.3. The Morgan fingerprint density at radius 3 is 2.35 bits per heavy atom. The number of hydrogen-bond donors (Lipinski definition) is 1. The van der Waals surface area contributed by atoms with Crippen LogP contribution in [0, 0.1) is 0 Å². The Bertz CT molecular complexity index is 789. The molecule has 3 rings (SSSR count). The third-order valence-electron chi connectivity index (χ3n) is 3.47. The average Bonchev–Trinajstić information content (AvgIpc) is 2.56. The first-order valence-electron chi connectivity index (χ1n) is 7.12. The van der Waals surface area contributed by atoms with E-state index < -0.39 is 10.0 Å². The SMILES string of the molecule is O=C1COCCN1c1ccc(S(=O)(=O)Nc2ccccc2)cc1. The van der Waals surface area contributed by atoms with Crippen molar-refractivity contribution >= 4 is 27.3 Å². The molecule has 120 valence electrons. The van der Waals surface area contributed by atoms with E-state index in [0.717, 1.165) is 0 Å². The van der Waals surface area contributed by atoms with Crippen molar-refractivity contribution in [2.45, 2.75) is 4.90 Å². The van der Waals surface area contributed by atoms with Crippen LogP contribution in [-0.2, 0) is 19.6 Å². The lowest BCUT2D eigenvalue weighted by atomic mass is 10.2. The van der Waals surface area contributed by atoms with Crippen LogP contribution in [0.4, 0.5) is 11.4 Å². The summed E-state index contributed by atoms with van der Waals surface area (Å²) in [6.07, 6.45) is 0. The maximum absolute atomic E-state index is 12.3. The van der Waals surface area contributed by atoms with Crippen LogP contribution in [0.25, 0.3) is 0 Å². The lowest BCUT2D eigenvalue weighted by Crippen LogP contribution is -2.41. The van der Waals surface area contributed by atoms with Crippen LogP contribution >= 0.6 is 0 Å². The summed E-state index contributed by atoms with van der Waals surface area (Å²) in [5, 5.41) is 0. The van der Waals surface area contributed by atoms with Crippen LogP contribution in [0.1, 0.15) is 0 Å². The number of amides is 1. The highest BCUT2D eigenvalue weighted by atomic mass is 32.2. The Kier molecular flexibility index (Phi) is 4.31. The Morgan fingerprint density at radius 1 is 1.00 bits per heavy atom. The highest BCUT2D eigenvalue weighted by Gasteiger charge is 2.21. The van der Waals surface area contributed by atoms with Gasteiger partial charge in [-0.3, -0.25) is 9.52 Å². The summed E-state index contributed by atoms with van der Waals surface area (Å²) < 4.78 is 32.3. The molecule has 1 amide bonds. The van der Waals surface area contributed by atoms with Gasteiger partial charge in [0, 0.05) is 17.9 Å². The molecule has 1 fully saturated rings. The molecule has 0 bridgehead atoms. The molecule has 6 nitrogen and oxygen atoms in total. The van der Waals surface area contributed by atoms with Crippen LogP contribution in [0.2, 0.25) is 0 Å². The zero-order chi connectivity index (χ0) is 16.3. The number of benzene rings is 2. The molecule has 0 radical (unpaired) electrons. The quantitative estimate of drug-likeness (QED) is 0.927. The fourth-order valence-electron chi connectivity index (χ4n) is 2.32. The summed E-state index contributed by atoms with van der Waals surface area (Å²) in [6.45, 7) is 0.990.